The van der Waals surface area contributed by atoms with E-state index in [4.69, 9.17) is 43.0 Å². The van der Waals surface area contributed by atoms with Crippen molar-refractivity contribution in [2.75, 3.05) is 14.2 Å². The molecule has 4 N–H and O–H groups in total. The van der Waals surface area contributed by atoms with Crippen LogP contribution in [0.15, 0.2) is 12.4 Å². The largest absolute Gasteiger partial charge is 0.373 e. The SMILES string of the molecule is CO[C@@H](c1ncc(Cl)s1)[C@@H](C)S(N)(=O)=O.CO[C@H](c1ncc(Cl)s1)[C@H](C)S(N)(=O)=O. The zero-order valence-electron chi connectivity index (χ0n) is 16.4. The van der Waals surface area contributed by atoms with Crippen LogP contribution in [-0.4, -0.2) is 51.5 Å². The van der Waals surface area contributed by atoms with Gasteiger partial charge in [-0.2, -0.15) is 0 Å². The maximum Gasteiger partial charge on any atom is 0.214 e. The fourth-order valence-corrected chi connectivity index (χ4v) is 5.70. The Morgan fingerprint density at radius 1 is 0.833 bits per heavy atom. The van der Waals surface area contributed by atoms with Crippen LogP contribution in [0.3, 0.4) is 0 Å². The van der Waals surface area contributed by atoms with Crippen molar-refractivity contribution in [1.29, 1.82) is 0 Å². The lowest BCUT2D eigenvalue weighted by atomic mass is 10.3. The first-order valence-corrected chi connectivity index (χ1v) is 13.6. The first-order valence-electron chi connectivity index (χ1n) is 8.03. The molecule has 10 nitrogen and oxygen atoms in total. The second-order valence-electron chi connectivity index (χ2n) is 5.91. The van der Waals surface area contributed by atoms with Crippen molar-refractivity contribution in [3.05, 3.63) is 31.1 Å². The normalized spacial score (nSPS) is 16.3. The Labute approximate surface area is 193 Å². The summed E-state index contributed by atoms with van der Waals surface area (Å²) in [6.45, 7) is 2.94. The number of ether oxygens (including phenoxy) is 2. The molecule has 0 fully saturated rings. The summed E-state index contributed by atoms with van der Waals surface area (Å²) in [7, 11) is -4.50. The van der Waals surface area contributed by atoms with Crippen LogP contribution in [0.5, 0.6) is 0 Å². The molecule has 0 aromatic carbocycles. The minimum atomic E-state index is -3.65. The van der Waals surface area contributed by atoms with E-state index in [-0.39, 0.29) is 0 Å². The van der Waals surface area contributed by atoms with Crippen molar-refractivity contribution < 1.29 is 26.3 Å². The van der Waals surface area contributed by atoms with Crippen LogP contribution in [0.1, 0.15) is 36.1 Å². The number of halogens is 2. The zero-order chi connectivity index (χ0) is 23.3. The molecule has 2 heterocycles. The number of nitrogens with zero attached hydrogens (tertiary/aromatic N) is 2. The molecule has 16 heteroatoms. The van der Waals surface area contributed by atoms with E-state index in [1.165, 1.54) is 63.1 Å². The molecule has 30 heavy (non-hydrogen) atoms. The maximum absolute atomic E-state index is 11.2. The van der Waals surface area contributed by atoms with Gasteiger partial charge in [0.25, 0.3) is 0 Å². The smallest absolute Gasteiger partial charge is 0.214 e. The second kappa shape index (κ2) is 11.4. The van der Waals surface area contributed by atoms with E-state index in [9.17, 15) is 16.8 Å². The first kappa shape index (κ1) is 27.6. The minimum absolute atomic E-state index is 0.480. The summed E-state index contributed by atoms with van der Waals surface area (Å²) in [6.07, 6.45) is 1.53. The van der Waals surface area contributed by atoms with Gasteiger partial charge in [-0.05, 0) is 13.8 Å². The second-order valence-corrected chi connectivity index (χ2v) is 13.1. The standard InChI is InChI=1S/2C7H11ClN2O3S2/c2*1-4(15(9,11)12)6(13-2)7-10-3-5(8)14-7/h2*3-4,6H,1-2H3,(H2,9,11,12)/t2*4-,6-/m10/s1. The Hall–Kier alpha value is -0.420. The molecule has 4 atom stereocenters. The number of methoxy groups -OCH3 is 2. The molecule has 2 rings (SSSR count). The number of sulfonamides is 2. The lowest BCUT2D eigenvalue weighted by molar-refractivity contribution is 0.102. The highest BCUT2D eigenvalue weighted by molar-refractivity contribution is 7.90. The fourth-order valence-electron chi connectivity index (χ4n) is 2.13. The van der Waals surface area contributed by atoms with E-state index in [2.05, 4.69) is 9.97 Å². The Morgan fingerprint density at radius 3 is 1.30 bits per heavy atom. The van der Waals surface area contributed by atoms with E-state index in [0.717, 1.165) is 0 Å². The molecular formula is C14H22Cl2N4O6S4. The molecule has 0 radical (unpaired) electrons. The van der Waals surface area contributed by atoms with Crippen LogP contribution in [-0.2, 0) is 29.5 Å². The number of nitrogens with two attached hydrogens (primary N) is 2. The summed E-state index contributed by atoms with van der Waals surface area (Å²) < 4.78 is 55.7. The molecule has 0 saturated carbocycles. The quantitative estimate of drug-likeness (QED) is 0.514. The van der Waals surface area contributed by atoms with E-state index in [1.807, 2.05) is 0 Å². The lowest BCUT2D eigenvalue weighted by Crippen LogP contribution is -2.32. The highest BCUT2D eigenvalue weighted by atomic mass is 35.5. The van der Waals surface area contributed by atoms with Gasteiger partial charge in [0, 0.05) is 14.2 Å². The van der Waals surface area contributed by atoms with Crippen molar-refractivity contribution in [1.82, 2.24) is 9.97 Å². The van der Waals surface area contributed by atoms with E-state index in [0.29, 0.717) is 18.7 Å². The summed E-state index contributed by atoms with van der Waals surface area (Å²) >= 11 is 13.7. The van der Waals surface area contributed by atoms with Crippen molar-refractivity contribution in [2.45, 2.75) is 36.6 Å². The van der Waals surface area contributed by atoms with Gasteiger partial charge in [0.1, 0.15) is 41.4 Å². The first-order chi connectivity index (χ1) is 13.7. The summed E-state index contributed by atoms with van der Waals surface area (Å²) in [5, 5.41) is 9.37. The van der Waals surface area contributed by atoms with Gasteiger partial charge in [-0.3, -0.25) is 0 Å². The molecule has 0 saturated heterocycles. The van der Waals surface area contributed by atoms with Gasteiger partial charge in [-0.25, -0.2) is 37.1 Å². The number of hydrogen-bond acceptors (Lipinski definition) is 10. The molecular weight excluding hydrogens is 519 g/mol. The topological polar surface area (TPSA) is 165 Å². The molecule has 2 aromatic heterocycles. The van der Waals surface area contributed by atoms with Gasteiger partial charge in [0.15, 0.2) is 0 Å². The Balaban J connectivity index is 0.000000300. The summed E-state index contributed by atoms with van der Waals surface area (Å²) in [5.41, 5.74) is 0. The molecule has 0 aliphatic heterocycles. The Kier molecular flexibility index (Phi) is 10.5. The van der Waals surface area contributed by atoms with E-state index >= 15 is 0 Å². The van der Waals surface area contributed by atoms with Crippen molar-refractivity contribution in [3.63, 3.8) is 0 Å². The summed E-state index contributed by atoms with van der Waals surface area (Å²) in [4.78, 5) is 7.93. The average Bonchev–Trinajstić information content (AvgIpc) is 3.24. The lowest BCUT2D eigenvalue weighted by Gasteiger charge is -2.18. The van der Waals surface area contributed by atoms with Crippen LogP contribution >= 0.6 is 45.9 Å². The molecule has 0 bridgehead atoms. The van der Waals surface area contributed by atoms with Crippen LogP contribution in [0, 0.1) is 0 Å². The fraction of sp³-hybridized carbons (Fsp3) is 0.571. The van der Waals surface area contributed by atoms with Crippen LogP contribution in [0.2, 0.25) is 8.67 Å². The van der Waals surface area contributed by atoms with Gasteiger partial charge in [-0.15, -0.1) is 22.7 Å². The van der Waals surface area contributed by atoms with Gasteiger partial charge in [0.05, 0.1) is 12.4 Å². The molecule has 0 unspecified atom stereocenters. The van der Waals surface area contributed by atoms with E-state index in [1.54, 1.807) is 0 Å². The van der Waals surface area contributed by atoms with Crippen molar-refractivity contribution in [2.24, 2.45) is 10.3 Å². The van der Waals surface area contributed by atoms with Crippen molar-refractivity contribution in [3.8, 4) is 0 Å². The van der Waals surface area contributed by atoms with Crippen molar-refractivity contribution >= 4 is 65.9 Å². The molecule has 172 valence electrons. The van der Waals surface area contributed by atoms with Gasteiger partial charge >= 0.3 is 0 Å². The summed E-state index contributed by atoms with van der Waals surface area (Å²) in [6, 6.07) is 0. The third kappa shape index (κ3) is 7.93. The Bertz CT molecular complexity index is 945. The van der Waals surface area contributed by atoms with Gasteiger partial charge in [0.2, 0.25) is 20.0 Å². The number of thiazole rings is 2. The van der Waals surface area contributed by atoms with Crippen LogP contribution in [0.25, 0.3) is 0 Å². The van der Waals surface area contributed by atoms with Gasteiger partial charge in [-0.1, -0.05) is 23.2 Å². The number of hydrogen-bond donors (Lipinski definition) is 2. The van der Waals surface area contributed by atoms with Crippen LogP contribution in [0.4, 0.5) is 0 Å². The summed E-state index contributed by atoms with van der Waals surface area (Å²) in [5.74, 6) is 0. The number of primary sulfonamides is 2. The third-order valence-electron chi connectivity index (χ3n) is 3.87. The predicted molar refractivity (Wildman–Crippen MR) is 119 cm³/mol. The van der Waals surface area contributed by atoms with E-state index < -0.39 is 42.8 Å². The van der Waals surface area contributed by atoms with Gasteiger partial charge < -0.3 is 9.47 Å². The zero-order valence-corrected chi connectivity index (χ0v) is 21.1. The van der Waals surface area contributed by atoms with Crippen LogP contribution < -0.4 is 10.3 Å². The molecule has 0 aliphatic rings. The maximum atomic E-state index is 11.2. The third-order valence-corrected chi connectivity index (χ3v) is 8.79. The number of aromatic nitrogens is 2. The minimum Gasteiger partial charge on any atom is -0.373 e. The molecule has 2 aromatic rings. The molecule has 0 aliphatic carbocycles. The number of rotatable bonds is 8. The highest BCUT2D eigenvalue weighted by Crippen LogP contribution is 2.31. The molecule has 0 spiro atoms. The average molecular weight is 542 g/mol. The Morgan fingerprint density at radius 2 is 1.13 bits per heavy atom. The monoisotopic (exact) mass is 540 g/mol. The molecule has 0 amide bonds. The highest BCUT2D eigenvalue weighted by Gasteiger charge is 2.31. The predicted octanol–water partition coefficient (Wildman–Crippen LogP) is 2.32.